The van der Waals surface area contributed by atoms with Crippen LogP contribution in [0.1, 0.15) is 38.6 Å². The van der Waals surface area contributed by atoms with Crippen LogP contribution in [0.3, 0.4) is 0 Å². The molecule has 0 spiro atoms. The van der Waals surface area contributed by atoms with Crippen LogP contribution in [0.5, 0.6) is 0 Å². The van der Waals surface area contributed by atoms with Gasteiger partial charge in [-0.25, -0.2) is 4.98 Å². The maximum atomic E-state index is 12.2. The van der Waals surface area contributed by atoms with Gasteiger partial charge in [0.15, 0.2) is 0 Å². The van der Waals surface area contributed by atoms with Gasteiger partial charge in [0, 0.05) is 10.6 Å². The van der Waals surface area contributed by atoms with Crippen LogP contribution < -0.4 is 5.32 Å². The van der Waals surface area contributed by atoms with Crippen molar-refractivity contribution in [1.82, 2.24) is 4.98 Å². The lowest BCUT2D eigenvalue weighted by molar-refractivity contribution is 0.103. The van der Waals surface area contributed by atoms with Crippen molar-refractivity contribution in [1.29, 1.82) is 0 Å². The molecule has 0 atom stereocenters. The Hall–Kier alpha value is -1.68. The minimum absolute atomic E-state index is 0.0440. The molecule has 0 saturated heterocycles. The standard InChI is InChI=1S/C15H16N2OS/c1-10-5-4-8-14(16-10)17-15(18)13-9-11-6-2-3-7-12(11)19-13/h4-5,8-9H,2-3,6-7H2,1H3,(H,16,17,18). The Morgan fingerprint density at radius 2 is 2.16 bits per heavy atom. The second-order valence-corrected chi connectivity index (χ2v) is 6.02. The van der Waals surface area contributed by atoms with Crippen molar-refractivity contribution >= 4 is 23.1 Å². The highest BCUT2D eigenvalue weighted by Gasteiger charge is 2.17. The SMILES string of the molecule is Cc1cccc(NC(=O)c2cc3c(s2)CCCC3)n1. The Bertz CT molecular complexity index is 595. The van der Waals surface area contributed by atoms with Gasteiger partial charge in [-0.1, -0.05) is 6.07 Å². The number of thiophene rings is 1. The molecule has 2 aromatic rings. The van der Waals surface area contributed by atoms with Gasteiger partial charge in [0.05, 0.1) is 4.88 Å². The summed E-state index contributed by atoms with van der Waals surface area (Å²) in [6.07, 6.45) is 4.72. The number of aryl methyl sites for hydroxylation is 3. The average molecular weight is 272 g/mol. The van der Waals surface area contributed by atoms with Gasteiger partial charge in [-0.2, -0.15) is 0 Å². The molecule has 0 bridgehead atoms. The van der Waals surface area contributed by atoms with Gasteiger partial charge >= 0.3 is 0 Å². The van der Waals surface area contributed by atoms with Gasteiger partial charge in [-0.3, -0.25) is 4.79 Å². The highest BCUT2D eigenvalue weighted by molar-refractivity contribution is 7.14. The zero-order valence-corrected chi connectivity index (χ0v) is 11.7. The first-order chi connectivity index (χ1) is 9.22. The molecule has 3 nitrogen and oxygen atoms in total. The van der Waals surface area contributed by atoms with Gasteiger partial charge in [0.1, 0.15) is 5.82 Å². The number of pyridine rings is 1. The molecule has 98 valence electrons. The molecule has 1 amide bonds. The topological polar surface area (TPSA) is 42.0 Å². The number of amides is 1. The number of hydrogen-bond acceptors (Lipinski definition) is 3. The van der Waals surface area contributed by atoms with E-state index in [0.717, 1.165) is 23.4 Å². The van der Waals surface area contributed by atoms with E-state index in [4.69, 9.17) is 0 Å². The predicted molar refractivity (Wildman–Crippen MR) is 77.9 cm³/mol. The van der Waals surface area contributed by atoms with Crippen LogP contribution in [0, 0.1) is 6.92 Å². The summed E-state index contributed by atoms with van der Waals surface area (Å²) in [6.45, 7) is 1.92. The van der Waals surface area contributed by atoms with Gasteiger partial charge in [-0.05, 0) is 56.4 Å². The average Bonchev–Trinajstić information content (AvgIpc) is 2.82. The van der Waals surface area contributed by atoms with E-state index in [1.54, 1.807) is 11.3 Å². The zero-order valence-electron chi connectivity index (χ0n) is 10.9. The van der Waals surface area contributed by atoms with Crippen molar-refractivity contribution in [2.24, 2.45) is 0 Å². The van der Waals surface area contributed by atoms with Crippen LogP contribution in [-0.2, 0) is 12.8 Å². The van der Waals surface area contributed by atoms with E-state index in [2.05, 4.69) is 10.3 Å². The lowest BCUT2D eigenvalue weighted by Gasteiger charge is -2.08. The molecule has 19 heavy (non-hydrogen) atoms. The molecule has 0 aromatic carbocycles. The third kappa shape index (κ3) is 2.68. The number of nitrogens with one attached hydrogen (secondary N) is 1. The van der Waals surface area contributed by atoms with E-state index in [-0.39, 0.29) is 5.91 Å². The summed E-state index contributed by atoms with van der Waals surface area (Å²) in [6, 6.07) is 7.68. The molecule has 0 saturated carbocycles. The fourth-order valence-electron chi connectivity index (χ4n) is 2.39. The van der Waals surface area contributed by atoms with E-state index >= 15 is 0 Å². The Balaban J connectivity index is 1.78. The lowest BCUT2D eigenvalue weighted by Crippen LogP contribution is -2.11. The maximum absolute atomic E-state index is 12.2. The second kappa shape index (κ2) is 5.13. The summed E-state index contributed by atoms with van der Waals surface area (Å²) in [5, 5.41) is 2.87. The Morgan fingerprint density at radius 1 is 1.32 bits per heavy atom. The Labute approximate surface area is 116 Å². The molecule has 1 aliphatic rings. The number of anilines is 1. The molecular formula is C15H16N2OS. The van der Waals surface area contributed by atoms with Crippen LogP contribution >= 0.6 is 11.3 Å². The fraction of sp³-hybridized carbons (Fsp3) is 0.333. The fourth-order valence-corrected chi connectivity index (χ4v) is 3.54. The Morgan fingerprint density at radius 3 is 2.95 bits per heavy atom. The first-order valence-corrected chi connectivity index (χ1v) is 7.40. The number of aromatic nitrogens is 1. The summed E-state index contributed by atoms with van der Waals surface area (Å²) in [7, 11) is 0. The van der Waals surface area contributed by atoms with E-state index < -0.39 is 0 Å². The van der Waals surface area contributed by atoms with Crippen molar-refractivity contribution in [2.45, 2.75) is 32.6 Å². The van der Waals surface area contributed by atoms with Crippen LogP contribution in [0.15, 0.2) is 24.3 Å². The number of rotatable bonds is 2. The van der Waals surface area contributed by atoms with Gasteiger partial charge in [0.25, 0.3) is 5.91 Å². The van der Waals surface area contributed by atoms with Gasteiger partial charge in [-0.15, -0.1) is 11.3 Å². The van der Waals surface area contributed by atoms with Crippen molar-refractivity contribution in [3.05, 3.63) is 45.3 Å². The van der Waals surface area contributed by atoms with Crippen LogP contribution in [0.2, 0.25) is 0 Å². The number of nitrogens with zero attached hydrogens (tertiary/aromatic N) is 1. The van der Waals surface area contributed by atoms with Gasteiger partial charge in [0.2, 0.25) is 0 Å². The quantitative estimate of drug-likeness (QED) is 0.908. The molecule has 2 aromatic heterocycles. The molecular weight excluding hydrogens is 256 g/mol. The van der Waals surface area contributed by atoms with E-state index in [1.807, 2.05) is 31.2 Å². The summed E-state index contributed by atoms with van der Waals surface area (Å²) in [5.41, 5.74) is 2.27. The van der Waals surface area contributed by atoms with E-state index in [9.17, 15) is 4.79 Å². The van der Waals surface area contributed by atoms with Crippen molar-refractivity contribution in [3.63, 3.8) is 0 Å². The number of carbonyl (C=O) groups excluding carboxylic acids is 1. The van der Waals surface area contributed by atoms with E-state index in [1.165, 1.54) is 23.3 Å². The third-order valence-corrected chi connectivity index (χ3v) is 4.59. The molecule has 0 fully saturated rings. The van der Waals surface area contributed by atoms with Crippen molar-refractivity contribution in [2.75, 3.05) is 5.32 Å². The highest BCUT2D eigenvalue weighted by atomic mass is 32.1. The number of hydrogen-bond donors (Lipinski definition) is 1. The molecule has 1 N–H and O–H groups in total. The zero-order chi connectivity index (χ0) is 13.2. The second-order valence-electron chi connectivity index (χ2n) is 4.88. The molecule has 4 heteroatoms. The largest absolute Gasteiger partial charge is 0.306 e. The first-order valence-electron chi connectivity index (χ1n) is 6.59. The summed E-state index contributed by atoms with van der Waals surface area (Å²) < 4.78 is 0. The first kappa shape index (κ1) is 12.4. The van der Waals surface area contributed by atoms with Crippen LogP contribution in [-0.4, -0.2) is 10.9 Å². The summed E-state index contributed by atoms with van der Waals surface area (Å²) in [4.78, 5) is 18.7. The lowest BCUT2D eigenvalue weighted by atomic mass is 9.99. The number of carbonyl (C=O) groups is 1. The Kier molecular flexibility index (Phi) is 3.34. The molecule has 0 unspecified atom stereocenters. The molecule has 0 radical (unpaired) electrons. The van der Waals surface area contributed by atoms with Crippen LogP contribution in [0.4, 0.5) is 5.82 Å². The molecule has 2 heterocycles. The van der Waals surface area contributed by atoms with E-state index in [0.29, 0.717) is 5.82 Å². The number of fused-ring (bicyclic) bond motifs is 1. The van der Waals surface area contributed by atoms with Crippen LogP contribution in [0.25, 0.3) is 0 Å². The minimum atomic E-state index is -0.0440. The normalized spacial score (nSPS) is 13.9. The summed E-state index contributed by atoms with van der Waals surface area (Å²) in [5.74, 6) is 0.578. The van der Waals surface area contributed by atoms with Crippen molar-refractivity contribution < 1.29 is 4.79 Å². The molecule has 3 rings (SSSR count). The molecule has 1 aliphatic carbocycles. The predicted octanol–water partition coefficient (Wildman–Crippen LogP) is 3.58. The smallest absolute Gasteiger partial charge is 0.266 e. The highest BCUT2D eigenvalue weighted by Crippen LogP contribution is 2.29. The monoisotopic (exact) mass is 272 g/mol. The minimum Gasteiger partial charge on any atom is -0.306 e. The van der Waals surface area contributed by atoms with Gasteiger partial charge < -0.3 is 5.32 Å². The maximum Gasteiger partial charge on any atom is 0.266 e. The third-order valence-electron chi connectivity index (χ3n) is 3.35. The molecule has 0 aliphatic heterocycles. The van der Waals surface area contributed by atoms with Crippen molar-refractivity contribution in [3.8, 4) is 0 Å². The summed E-state index contributed by atoms with van der Waals surface area (Å²) >= 11 is 1.63.